The molecule has 0 amide bonds. The predicted octanol–water partition coefficient (Wildman–Crippen LogP) is 4.33. The van der Waals surface area contributed by atoms with E-state index in [0.717, 1.165) is 22.2 Å². The number of rotatable bonds is 7. The van der Waals surface area contributed by atoms with Crippen molar-refractivity contribution >= 4 is 49.7 Å². The number of nitrogens with one attached hydrogen (secondary N) is 1. The Labute approximate surface area is 227 Å². The zero-order chi connectivity index (χ0) is 27.4. The van der Waals surface area contributed by atoms with Gasteiger partial charge in [-0.3, -0.25) is 4.68 Å². The molecule has 0 spiro atoms. The summed E-state index contributed by atoms with van der Waals surface area (Å²) in [4.78, 5) is 16.0. The van der Waals surface area contributed by atoms with Gasteiger partial charge in [-0.25, -0.2) is 23.4 Å². The van der Waals surface area contributed by atoms with Crippen LogP contribution >= 0.6 is 11.6 Å². The number of benzene rings is 1. The second-order valence-corrected chi connectivity index (χ2v) is 12.4. The molecule has 1 aliphatic rings. The highest BCUT2D eigenvalue weighted by Gasteiger charge is 2.35. The number of hydrogen-bond acceptors (Lipinski definition) is 8. The Morgan fingerprint density at radius 3 is 2.50 bits per heavy atom. The number of anilines is 3. The van der Waals surface area contributed by atoms with E-state index in [2.05, 4.69) is 51.3 Å². The third-order valence-electron chi connectivity index (χ3n) is 7.06. The van der Waals surface area contributed by atoms with E-state index in [9.17, 15) is 8.42 Å². The van der Waals surface area contributed by atoms with Crippen LogP contribution < -0.4 is 10.2 Å². The zero-order valence-corrected chi connectivity index (χ0v) is 23.8. The number of fused-ring (bicyclic) bond motifs is 1. The Bertz CT molecular complexity index is 1630. The molecule has 12 heteroatoms. The van der Waals surface area contributed by atoms with Crippen molar-refractivity contribution in [3.63, 3.8) is 0 Å². The van der Waals surface area contributed by atoms with Crippen molar-refractivity contribution in [2.24, 2.45) is 7.05 Å². The molecule has 4 aromatic rings. The predicted molar refractivity (Wildman–Crippen MR) is 152 cm³/mol. The standard InChI is InChI=1S/C26H31ClN8O2S/c1-15(2)18-7-8-21(35-13-17(14-35)34(5)38(6,36)37)20-12-29-23(11-19(18)20)30-22-9-10-28-26(31-22)24-16(3)32-33(4)25(24)27/h7-12,15,17H,13-14H2,1-6H3,(H,28,29,30,31). The molecule has 0 saturated carbocycles. The highest BCUT2D eigenvalue weighted by atomic mass is 35.5. The van der Waals surface area contributed by atoms with E-state index in [-0.39, 0.29) is 6.04 Å². The van der Waals surface area contributed by atoms with Crippen LogP contribution in [0.25, 0.3) is 22.2 Å². The number of nitrogens with zero attached hydrogens (tertiary/aromatic N) is 7. The summed E-state index contributed by atoms with van der Waals surface area (Å²) < 4.78 is 26.9. The summed E-state index contributed by atoms with van der Waals surface area (Å²) in [5, 5.41) is 10.3. The molecular formula is C26H31ClN8O2S. The minimum Gasteiger partial charge on any atom is -0.368 e. The minimum absolute atomic E-state index is 0.0392. The van der Waals surface area contributed by atoms with Crippen LogP contribution in [0.5, 0.6) is 0 Å². The fraction of sp³-hybridized carbons (Fsp3) is 0.385. The Morgan fingerprint density at radius 1 is 1.13 bits per heavy atom. The van der Waals surface area contributed by atoms with E-state index >= 15 is 0 Å². The minimum atomic E-state index is -3.23. The van der Waals surface area contributed by atoms with Crippen molar-refractivity contribution in [3.8, 4) is 11.4 Å². The molecule has 0 aliphatic carbocycles. The first-order valence-electron chi connectivity index (χ1n) is 12.3. The van der Waals surface area contributed by atoms with E-state index in [1.54, 1.807) is 31.0 Å². The largest absolute Gasteiger partial charge is 0.368 e. The number of pyridine rings is 1. The molecule has 4 heterocycles. The van der Waals surface area contributed by atoms with Gasteiger partial charge < -0.3 is 10.2 Å². The number of hydrogen-bond donors (Lipinski definition) is 1. The van der Waals surface area contributed by atoms with Crippen molar-refractivity contribution in [1.82, 2.24) is 29.0 Å². The van der Waals surface area contributed by atoms with Crippen LogP contribution in [0.4, 0.5) is 17.3 Å². The van der Waals surface area contributed by atoms with Crippen molar-refractivity contribution in [1.29, 1.82) is 0 Å². The maximum absolute atomic E-state index is 11.9. The molecule has 5 rings (SSSR count). The van der Waals surface area contributed by atoms with Gasteiger partial charge in [0.2, 0.25) is 10.0 Å². The molecule has 0 atom stereocenters. The van der Waals surface area contributed by atoms with Crippen LogP contribution in [0.2, 0.25) is 5.15 Å². The SMILES string of the molecule is Cc1nn(C)c(Cl)c1-c1nccc(Nc2cc3c(C(C)C)ccc(N4CC(N(C)S(C)(=O)=O)C4)c3cn2)n1. The van der Waals surface area contributed by atoms with Crippen LogP contribution in [0, 0.1) is 6.92 Å². The van der Waals surface area contributed by atoms with Gasteiger partial charge in [0.05, 0.1) is 23.6 Å². The summed E-state index contributed by atoms with van der Waals surface area (Å²) in [6.45, 7) is 7.48. The number of aryl methyl sites for hydroxylation is 2. The summed E-state index contributed by atoms with van der Waals surface area (Å²) in [5.74, 6) is 2.05. The molecule has 1 saturated heterocycles. The molecule has 0 bridgehead atoms. The lowest BCUT2D eigenvalue weighted by atomic mass is 9.94. The van der Waals surface area contributed by atoms with Gasteiger partial charge >= 0.3 is 0 Å². The fourth-order valence-electron chi connectivity index (χ4n) is 4.81. The summed E-state index contributed by atoms with van der Waals surface area (Å²) in [6, 6.07) is 8.04. The van der Waals surface area contributed by atoms with Gasteiger partial charge in [0, 0.05) is 50.7 Å². The topological polar surface area (TPSA) is 109 Å². The van der Waals surface area contributed by atoms with Crippen molar-refractivity contribution in [2.75, 3.05) is 36.6 Å². The van der Waals surface area contributed by atoms with Crippen LogP contribution in [-0.4, -0.2) is 69.9 Å². The molecular weight excluding hydrogens is 524 g/mol. The van der Waals surface area contributed by atoms with E-state index in [0.29, 0.717) is 47.2 Å². The average Bonchev–Trinajstić information content (AvgIpc) is 3.08. The van der Waals surface area contributed by atoms with Crippen molar-refractivity contribution in [2.45, 2.75) is 32.7 Å². The van der Waals surface area contributed by atoms with Gasteiger partial charge in [-0.15, -0.1) is 0 Å². The Balaban J connectivity index is 1.46. The normalized spacial score (nSPS) is 14.5. The summed E-state index contributed by atoms with van der Waals surface area (Å²) in [7, 11) is 0.195. The number of likely N-dealkylation sites (N-methyl/N-ethyl adjacent to an activating group) is 1. The van der Waals surface area contributed by atoms with Crippen LogP contribution in [0.15, 0.2) is 36.7 Å². The Kier molecular flexibility index (Phi) is 6.79. The maximum Gasteiger partial charge on any atom is 0.211 e. The van der Waals surface area contributed by atoms with Crippen LogP contribution in [-0.2, 0) is 17.1 Å². The molecule has 0 unspecified atom stereocenters. The number of aromatic nitrogens is 5. The Morgan fingerprint density at radius 2 is 1.87 bits per heavy atom. The number of sulfonamides is 1. The lowest BCUT2D eigenvalue weighted by molar-refractivity contribution is 0.313. The maximum atomic E-state index is 11.9. The zero-order valence-electron chi connectivity index (χ0n) is 22.3. The molecule has 1 aromatic carbocycles. The lowest BCUT2D eigenvalue weighted by Gasteiger charge is -2.44. The fourth-order valence-corrected chi connectivity index (χ4v) is 5.74. The molecule has 10 nitrogen and oxygen atoms in total. The smallest absolute Gasteiger partial charge is 0.211 e. The first-order chi connectivity index (χ1) is 17.9. The molecule has 1 N–H and O–H groups in total. The third kappa shape index (κ3) is 4.81. The van der Waals surface area contributed by atoms with Gasteiger partial charge in [0.15, 0.2) is 5.82 Å². The van der Waals surface area contributed by atoms with E-state index in [1.807, 2.05) is 19.2 Å². The van der Waals surface area contributed by atoms with Crippen LogP contribution in [0.3, 0.4) is 0 Å². The first-order valence-corrected chi connectivity index (χ1v) is 14.6. The number of halogens is 1. The monoisotopic (exact) mass is 554 g/mol. The second-order valence-electron chi connectivity index (χ2n) is 10.0. The van der Waals surface area contributed by atoms with E-state index in [1.165, 1.54) is 16.1 Å². The molecule has 3 aromatic heterocycles. The van der Waals surface area contributed by atoms with E-state index in [4.69, 9.17) is 16.6 Å². The molecule has 0 radical (unpaired) electrons. The summed E-state index contributed by atoms with van der Waals surface area (Å²) in [6.07, 6.45) is 4.80. The highest BCUT2D eigenvalue weighted by Crippen LogP contribution is 2.37. The highest BCUT2D eigenvalue weighted by molar-refractivity contribution is 7.88. The van der Waals surface area contributed by atoms with Gasteiger partial charge in [0.25, 0.3) is 0 Å². The van der Waals surface area contributed by atoms with Crippen molar-refractivity contribution in [3.05, 3.63) is 53.1 Å². The van der Waals surface area contributed by atoms with Gasteiger partial charge in [-0.05, 0) is 42.0 Å². The summed E-state index contributed by atoms with van der Waals surface area (Å²) >= 11 is 6.43. The van der Waals surface area contributed by atoms with Gasteiger partial charge in [-0.1, -0.05) is 31.5 Å². The second kappa shape index (κ2) is 9.79. The van der Waals surface area contributed by atoms with E-state index < -0.39 is 10.0 Å². The molecule has 1 fully saturated rings. The first kappa shape index (κ1) is 26.3. The Hall–Kier alpha value is -3.28. The molecule has 38 heavy (non-hydrogen) atoms. The lowest BCUT2D eigenvalue weighted by Crippen LogP contribution is -2.59. The molecule has 200 valence electrons. The van der Waals surface area contributed by atoms with Crippen molar-refractivity contribution < 1.29 is 8.42 Å². The quantitative estimate of drug-likeness (QED) is 0.359. The van der Waals surface area contributed by atoms with Gasteiger partial charge in [0.1, 0.15) is 16.8 Å². The molecule has 1 aliphatic heterocycles. The third-order valence-corrected chi connectivity index (χ3v) is 8.84. The van der Waals surface area contributed by atoms with Gasteiger partial charge in [-0.2, -0.15) is 9.40 Å². The summed E-state index contributed by atoms with van der Waals surface area (Å²) in [5.41, 5.74) is 3.71. The van der Waals surface area contributed by atoms with Crippen LogP contribution in [0.1, 0.15) is 31.0 Å². The average molecular weight is 555 g/mol.